The van der Waals surface area contributed by atoms with E-state index in [9.17, 15) is 4.79 Å². The molecule has 0 saturated heterocycles. The third-order valence-electron chi connectivity index (χ3n) is 4.61. The fourth-order valence-corrected chi connectivity index (χ4v) is 3.29. The lowest BCUT2D eigenvalue weighted by atomic mass is 10.0. The van der Waals surface area contributed by atoms with E-state index >= 15 is 0 Å². The second-order valence-corrected chi connectivity index (χ2v) is 6.55. The summed E-state index contributed by atoms with van der Waals surface area (Å²) < 4.78 is 1.85. The summed E-state index contributed by atoms with van der Waals surface area (Å²) in [6.07, 6.45) is 3.33. The van der Waals surface area contributed by atoms with Crippen LogP contribution in [0, 0.1) is 13.8 Å². The molecular weight excluding hydrogens is 322 g/mol. The van der Waals surface area contributed by atoms with Crippen molar-refractivity contribution in [3.8, 4) is 16.8 Å². The number of aryl methyl sites for hydroxylation is 2. The number of imidazole rings is 1. The molecule has 4 nitrogen and oxygen atoms in total. The zero-order valence-electron chi connectivity index (χ0n) is 15.9. The van der Waals surface area contributed by atoms with E-state index < -0.39 is 0 Å². The second-order valence-electron chi connectivity index (χ2n) is 6.55. The largest absolute Gasteiger partial charge is 0.338 e. The Morgan fingerprint density at radius 1 is 0.962 bits per heavy atom. The Morgan fingerprint density at radius 2 is 1.58 bits per heavy atom. The molecule has 0 unspecified atom stereocenters. The molecular formula is C22H25N3O. The van der Waals surface area contributed by atoms with E-state index in [2.05, 4.69) is 49.2 Å². The van der Waals surface area contributed by atoms with Gasteiger partial charge in [-0.25, -0.2) is 4.98 Å². The minimum absolute atomic E-state index is 0.00545. The van der Waals surface area contributed by atoms with Crippen molar-refractivity contribution in [1.82, 2.24) is 14.5 Å². The van der Waals surface area contributed by atoms with Gasteiger partial charge in [-0.3, -0.25) is 9.36 Å². The van der Waals surface area contributed by atoms with Gasteiger partial charge in [0.2, 0.25) is 0 Å². The van der Waals surface area contributed by atoms with Gasteiger partial charge in [-0.05, 0) is 51.0 Å². The predicted molar refractivity (Wildman–Crippen MR) is 106 cm³/mol. The average Bonchev–Trinajstić information content (AvgIpc) is 3.11. The summed E-state index contributed by atoms with van der Waals surface area (Å²) in [6, 6.07) is 14.8. The van der Waals surface area contributed by atoms with Crippen molar-refractivity contribution < 1.29 is 4.79 Å². The molecule has 0 bridgehead atoms. The Balaban J connectivity index is 1.93. The fraction of sp³-hybridized carbons (Fsp3) is 0.273. The van der Waals surface area contributed by atoms with Crippen molar-refractivity contribution in [2.45, 2.75) is 27.7 Å². The first-order valence-corrected chi connectivity index (χ1v) is 9.04. The van der Waals surface area contributed by atoms with Crippen LogP contribution in [0.3, 0.4) is 0 Å². The van der Waals surface area contributed by atoms with Gasteiger partial charge >= 0.3 is 0 Å². The second kappa shape index (κ2) is 7.56. The Labute approximate surface area is 155 Å². The number of amides is 1. The van der Waals surface area contributed by atoms with Crippen molar-refractivity contribution in [3.05, 3.63) is 71.8 Å². The van der Waals surface area contributed by atoms with Crippen molar-refractivity contribution >= 4 is 5.91 Å². The minimum Gasteiger partial charge on any atom is -0.338 e. The van der Waals surface area contributed by atoms with Crippen molar-refractivity contribution in [2.75, 3.05) is 13.1 Å². The van der Waals surface area contributed by atoms with E-state index in [0.717, 1.165) is 11.3 Å². The van der Waals surface area contributed by atoms with Crippen LogP contribution in [-0.2, 0) is 0 Å². The Bertz CT molecular complexity index is 885. The number of carbonyl (C=O) groups excluding carboxylic acids is 1. The zero-order valence-corrected chi connectivity index (χ0v) is 15.9. The molecule has 1 heterocycles. The summed E-state index contributed by atoms with van der Waals surface area (Å²) in [5.74, 6) is 0.00545. The van der Waals surface area contributed by atoms with E-state index in [1.54, 1.807) is 17.4 Å². The van der Waals surface area contributed by atoms with Gasteiger partial charge in [0.1, 0.15) is 5.69 Å². The number of rotatable bonds is 5. The highest BCUT2D eigenvalue weighted by molar-refractivity contribution is 5.93. The molecule has 0 saturated carbocycles. The molecule has 3 aromatic rings. The Morgan fingerprint density at radius 3 is 2.15 bits per heavy atom. The molecule has 26 heavy (non-hydrogen) atoms. The zero-order chi connectivity index (χ0) is 18.7. The highest BCUT2D eigenvalue weighted by atomic mass is 16.2. The quantitative estimate of drug-likeness (QED) is 0.674. The summed E-state index contributed by atoms with van der Waals surface area (Å²) in [5.41, 5.74) is 6.41. The van der Waals surface area contributed by atoms with E-state index in [4.69, 9.17) is 0 Å². The SMILES string of the molecule is CCN(CC)C(=O)c1cncn1-c1ccc(-c2cc(C)cc(C)c2)cc1. The van der Waals surface area contributed by atoms with Gasteiger partial charge in [0.25, 0.3) is 5.91 Å². The monoisotopic (exact) mass is 347 g/mol. The first-order chi connectivity index (χ1) is 12.5. The molecule has 0 spiro atoms. The molecule has 0 aliphatic heterocycles. The summed E-state index contributed by atoms with van der Waals surface area (Å²) in [5, 5.41) is 0. The smallest absolute Gasteiger partial charge is 0.272 e. The summed E-state index contributed by atoms with van der Waals surface area (Å²) in [4.78, 5) is 18.7. The van der Waals surface area contributed by atoms with Crippen LogP contribution < -0.4 is 0 Å². The van der Waals surface area contributed by atoms with Crippen LogP contribution in [0.4, 0.5) is 0 Å². The lowest BCUT2D eigenvalue weighted by Crippen LogP contribution is -2.31. The molecule has 0 aliphatic carbocycles. The van der Waals surface area contributed by atoms with Gasteiger partial charge in [0.15, 0.2) is 0 Å². The van der Waals surface area contributed by atoms with Crippen LogP contribution in [0.5, 0.6) is 0 Å². The molecule has 134 valence electrons. The number of aromatic nitrogens is 2. The van der Waals surface area contributed by atoms with Gasteiger partial charge in [-0.15, -0.1) is 0 Å². The average molecular weight is 347 g/mol. The van der Waals surface area contributed by atoms with Crippen LogP contribution in [0.15, 0.2) is 55.0 Å². The number of hydrogen-bond donors (Lipinski definition) is 0. The maximum atomic E-state index is 12.7. The third kappa shape index (κ3) is 3.54. The minimum atomic E-state index is 0.00545. The molecule has 3 rings (SSSR count). The van der Waals surface area contributed by atoms with Crippen LogP contribution in [0.1, 0.15) is 35.5 Å². The molecule has 0 fully saturated rings. The van der Waals surface area contributed by atoms with Crippen LogP contribution in [0.2, 0.25) is 0 Å². The third-order valence-corrected chi connectivity index (χ3v) is 4.61. The van der Waals surface area contributed by atoms with Crippen molar-refractivity contribution in [1.29, 1.82) is 0 Å². The maximum Gasteiger partial charge on any atom is 0.272 e. The predicted octanol–water partition coefficient (Wildman–Crippen LogP) is 4.64. The number of hydrogen-bond acceptors (Lipinski definition) is 2. The van der Waals surface area contributed by atoms with Gasteiger partial charge in [0, 0.05) is 18.8 Å². The molecule has 0 N–H and O–H groups in total. The lowest BCUT2D eigenvalue weighted by Gasteiger charge is -2.19. The molecule has 4 heteroatoms. The lowest BCUT2D eigenvalue weighted by molar-refractivity contribution is 0.0765. The number of nitrogens with zero attached hydrogens (tertiary/aromatic N) is 3. The highest BCUT2D eigenvalue weighted by Gasteiger charge is 2.17. The molecule has 0 aliphatic rings. The highest BCUT2D eigenvalue weighted by Crippen LogP contribution is 2.24. The van der Waals surface area contributed by atoms with Gasteiger partial charge in [-0.1, -0.05) is 41.5 Å². The van der Waals surface area contributed by atoms with E-state index in [0.29, 0.717) is 18.8 Å². The van der Waals surface area contributed by atoms with Crippen molar-refractivity contribution in [2.24, 2.45) is 0 Å². The summed E-state index contributed by atoms with van der Waals surface area (Å²) in [6.45, 7) is 9.57. The molecule has 1 amide bonds. The van der Waals surface area contributed by atoms with Gasteiger partial charge in [-0.2, -0.15) is 0 Å². The van der Waals surface area contributed by atoms with Gasteiger partial charge < -0.3 is 4.90 Å². The topological polar surface area (TPSA) is 38.1 Å². The standard InChI is InChI=1S/C22H25N3O/c1-5-24(6-2)22(26)21-14-23-15-25(21)20-9-7-18(8-10-20)19-12-16(3)11-17(4)13-19/h7-15H,5-6H2,1-4H3. The maximum absolute atomic E-state index is 12.7. The molecule has 2 aromatic carbocycles. The first kappa shape index (κ1) is 17.9. The summed E-state index contributed by atoms with van der Waals surface area (Å²) >= 11 is 0. The van der Waals surface area contributed by atoms with Crippen LogP contribution in [0.25, 0.3) is 16.8 Å². The van der Waals surface area contributed by atoms with Crippen LogP contribution >= 0.6 is 0 Å². The summed E-state index contributed by atoms with van der Waals surface area (Å²) in [7, 11) is 0. The van der Waals surface area contributed by atoms with Crippen LogP contribution in [-0.4, -0.2) is 33.4 Å². The van der Waals surface area contributed by atoms with E-state index in [-0.39, 0.29) is 5.91 Å². The van der Waals surface area contributed by atoms with Crippen molar-refractivity contribution in [3.63, 3.8) is 0 Å². The first-order valence-electron chi connectivity index (χ1n) is 9.04. The Kier molecular flexibility index (Phi) is 5.21. The molecule has 1 aromatic heterocycles. The Hall–Kier alpha value is -2.88. The molecule has 0 atom stereocenters. The van der Waals surface area contributed by atoms with Gasteiger partial charge in [0.05, 0.1) is 12.5 Å². The normalized spacial score (nSPS) is 10.8. The number of carbonyl (C=O) groups is 1. The van der Waals surface area contributed by atoms with E-state index in [1.165, 1.54) is 16.7 Å². The van der Waals surface area contributed by atoms with E-state index in [1.807, 2.05) is 30.5 Å². The fourth-order valence-electron chi connectivity index (χ4n) is 3.29. The number of benzene rings is 2. The molecule has 0 radical (unpaired) electrons.